The third-order valence-corrected chi connectivity index (χ3v) is 6.63. The van der Waals surface area contributed by atoms with E-state index in [4.69, 9.17) is 27.9 Å². The van der Waals surface area contributed by atoms with Crippen LogP contribution in [0.5, 0.6) is 0 Å². The fraction of sp³-hybridized carbons (Fsp3) is 0.300. The quantitative estimate of drug-likeness (QED) is 0.429. The number of nitrogens with zero attached hydrogens (tertiary/aromatic N) is 1. The number of carbonyl (C=O) groups excluding carboxylic acids is 2. The Bertz CT molecular complexity index is 951. The van der Waals surface area contributed by atoms with E-state index in [1.54, 1.807) is 12.1 Å². The van der Waals surface area contributed by atoms with Crippen molar-refractivity contribution in [3.63, 3.8) is 0 Å². The van der Waals surface area contributed by atoms with E-state index in [1.165, 1.54) is 22.3 Å². The van der Waals surface area contributed by atoms with Gasteiger partial charge in [-0.3, -0.25) is 9.59 Å². The minimum atomic E-state index is -0.708. The Morgan fingerprint density at radius 2 is 2.07 bits per heavy atom. The van der Waals surface area contributed by atoms with E-state index in [-0.39, 0.29) is 22.5 Å². The molecule has 146 valence electrons. The van der Waals surface area contributed by atoms with Gasteiger partial charge in [-0.25, -0.2) is 0 Å². The van der Waals surface area contributed by atoms with Gasteiger partial charge >= 0.3 is 0 Å². The Morgan fingerprint density at radius 3 is 2.71 bits per heavy atom. The summed E-state index contributed by atoms with van der Waals surface area (Å²) in [7, 11) is 0. The molecule has 2 aliphatic heterocycles. The third kappa shape index (κ3) is 3.46. The summed E-state index contributed by atoms with van der Waals surface area (Å²) in [4.78, 5) is 28.0. The van der Waals surface area contributed by atoms with E-state index >= 15 is 0 Å². The summed E-state index contributed by atoms with van der Waals surface area (Å²) in [6.07, 6.45) is 1.67. The summed E-state index contributed by atoms with van der Waals surface area (Å²) in [5.74, 6) is -1.60. The van der Waals surface area contributed by atoms with E-state index in [2.05, 4.69) is 0 Å². The highest BCUT2D eigenvalue weighted by atomic mass is 35.5. The minimum Gasteiger partial charge on any atom is -0.507 e. The number of carbonyl (C=O) groups is 2. The lowest BCUT2D eigenvalue weighted by Gasteiger charge is -2.26. The second-order valence-electron chi connectivity index (χ2n) is 6.73. The van der Waals surface area contributed by atoms with Crippen molar-refractivity contribution < 1.29 is 19.4 Å². The van der Waals surface area contributed by atoms with Crippen LogP contribution in [-0.2, 0) is 14.3 Å². The van der Waals surface area contributed by atoms with Crippen LogP contribution < -0.4 is 0 Å². The number of thiophene rings is 1. The van der Waals surface area contributed by atoms with Gasteiger partial charge in [0.05, 0.1) is 27.8 Å². The first-order valence-corrected chi connectivity index (χ1v) is 10.5. The zero-order valence-corrected chi connectivity index (χ0v) is 17.1. The minimum absolute atomic E-state index is 0.0591. The summed E-state index contributed by atoms with van der Waals surface area (Å²) in [5.41, 5.74) is 0.398. The molecule has 5 nitrogen and oxygen atoms in total. The number of benzene rings is 1. The molecule has 2 aromatic rings. The first-order valence-electron chi connectivity index (χ1n) is 8.86. The van der Waals surface area contributed by atoms with Gasteiger partial charge in [-0.1, -0.05) is 29.3 Å². The number of hydrogen-bond donors (Lipinski definition) is 1. The lowest BCUT2D eigenvalue weighted by Crippen LogP contribution is -2.36. The first-order chi connectivity index (χ1) is 13.5. The highest BCUT2D eigenvalue weighted by Gasteiger charge is 2.47. The number of likely N-dealkylation sites (tertiary alicyclic amines) is 1. The summed E-state index contributed by atoms with van der Waals surface area (Å²) in [5, 5.41) is 13.4. The number of aliphatic hydroxyl groups is 1. The lowest BCUT2D eigenvalue weighted by molar-refractivity contribution is -0.140. The molecule has 1 N–H and O–H groups in total. The van der Waals surface area contributed by atoms with Crippen molar-refractivity contribution in [1.29, 1.82) is 0 Å². The highest BCUT2D eigenvalue weighted by Crippen LogP contribution is 2.42. The first kappa shape index (κ1) is 19.5. The Labute approximate surface area is 176 Å². The molecular formula is C20H17Cl2NO4S. The zero-order valence-electron chi connectivity index (χ0n) is 14.7. The largest absolute Gasteiger partial charge is 0.507 e. The van der Waals surface area contributed by atoms with Crippen LogP contribution >= 0.6 is 34.5 Å². The SMILES string of the molecule is O=C1C(=O)N(CC2CCCO2)C(c2cccs2)/C1=C(/O)c1ccc(Cl)c(Cl)c1. The topological polar surface area (TPSA) is 66.8 Å². The van der Waals surface area contributed by atoms with Crippen molar-refractivity contribution in [3.8, 4) is 0 Å². The molecule has 0 radical (unpaired) electrons. The van der Waals surface area contributed by atoms with Crippen molar-refractivity contribution in [2.24, 2.45) is 0 Å². The third-order valence-electron chi connectivity index (χ3n) is 4.97. The van der Waals surface area contributed by atoms with Crippen molar-refractivity contribution in [2.75, 3.05) is 13.2 Å². The molecule has 8 heteroatoms. The number of halogens is 2. The van der Waals surface area contributed by atoms with Gasteiger partial charge in [0.1, 0.15) is 5.76 Å². The fourth-order valence-corrected chi connectivity index (χ4v) is 4.76. The number of ketones is 1. The molecule has 1 aromatic carbocycles. The molecule has 2 aliphatic rings. The van der Waals surface area contributed by atoms with Crippen molar-refractivity contribution in [3.05, 3.63) is 61.8 Å². The molecule has 1 aromatic heterocycles. The normalized spacial score (nSPS) is 24.3. The Hall–Kier alpha value is -1.86. The van der Waals surface area contributed by atoms with Gasteiger partial charge in [0.15, 0.2) is 0 Å². The van der Waals surface area contributed by atoms with E-state index in [1.807, 2.05) is 17.5 Å². The van der Waals surface area contributed by atoms with Gasteiger partial charge < -0.3 is 14.7 Å². The molecule has 2 unspecified atom stereocenters. The van der Waals surface area contributed by atoms with Crippen LogP contribution in [0.3, 0.4) is 0 Å². The average Bonchev–Trinajstić information content (AvgIpc) is 3.42. The molecule has 2 fully saturated rings. The predicted molar refractivity (Wildman–Crippen MR) is 109 cm³/mol. The second-order valence-corrected chi connectivity index (χ2v) is 8.52. The molecule has 0 bridgehead atoms. The van der Waals surface area contributed by atoms with Crippen LogP contribution in [0.25, 0.3) is 5.76 Å². The van der Waals surface area contributed by atoms with Crippen molar-refractivity contribution in [1.82, 2.24) is 4.90 Å². The molecule has 1 amide bonds. The number of hydrogen-bond acceptors (Lipinski definition) is 5. The number of Topliss-reactive ketones (excluding diaryl/α,β-unsaturated/α-hetero) is 1. The maximum atomic E-state index is 12.9. The maximum absolute atomic E-state index is 12.9. The van der Waals surface area contributed by atoms with Gasteiger partial charge in [0.25, 0.3) is 11.7 Å². The number of aliphatic hydroxyl groups excluding tert-OH is 1. The van der Waals surface area contributed by atoms with Crippen LogP contribution in [0, 0.1) is 0 Å². The molecular weight excluding hydrogens is 421 g/mol. The summed E-state index contributed by atoms with van der Waals surface area (Å²) < 4.78 is 5.66. The summed E-state index contributed by atoms with van der Waals surface area (Å²) in [6, 6.07) is 7.65. The van der Waals surface area contributed by atoms with Crippen LogP contribution in [0.4, 0.5) is 0 Å². The molecule has 2 atom stereocenters. The molecule has 28 heavy (non-hydrogen) atoms. The van der Waals surface area contributed by atoms with Crippen LogP contribution in [-0.4, -0.2) is 41.0 Å². The molecule has 0 saturated carbocycles. The Kier molecular flexibility index (Phi) is 5.47. The van der Waals surface area contributed by atoms with E-state index in [0.29, 0.717) is 23.7 Å². The van der Waals surface area contributed by atoms with Crippen LogP contribution in [0.1, 0.15) is 29.3 Å². The fourth-order valence-electron chi connectivity index (χ4n) is 3.62. The number of ether oxygens (including phenoxy) is 1. The van der Waals surface area contributed by atoms with Crippen LogP contribution in [0.2, 0.25) is 10.0 Å². The predicted octanol–water partition coefficient (Wildman–Crippen LogP) is 4.66. The number of rotatable bonds is 4. The van der Waals surface area contributed by atoms with Gasteiger partial charge in [-0.05, 0) is 42.5 Å². The van der Waals surface area contributed by atoms with Gasteiger partial charge in [-0.2, -0.15) is 0 Å². The Morgan fingerprint density at radius 1 is 1.25 bits per heavy atom. The van der Waals surface area contributed by atoms with Crippen molar-refractivity contribution in [2.45, 2.75) is 25.0 Å². The van der Waals surface area contributed by atoms with Gasteiger partial charge in [-0.15, -0.1) is 11.3 Å². The average molecular weight is 438 g/mol. The molecule has 0 aliphatic carbocycles. The standard InChI is InChI=1S/C20H17Cl2NO4S/c21-13-6-5-11(9-14(13)22)18(24)16-17(15-4-2-8-28-15)23(20(26)19(16)25)10-12-3-1-7-27-12/h2,4-6,8-9,12,17,24H,1,3,7,10H2/b18-16-. The zero-order chi connectivity index (χ0) is 19.8. The maximum Gasteiger partial charge on any atom is 0.295 e. The van der Waals surface area contributed by atoms with Crippen molar-refractivity contribution >= 4 is 52.0 Å². The van der Waals surface area contributed by atoms with Gasteiger partial charge in [0, 0.05) is 23.6 Å². The molecule has 0 spiro atoms. The van der Waals surface area contributed by atoms with E-state index in [9.17, 15) is 14.7 Å². The summed E-state index contributed by atoms with van der Waals surface area (Å²) >= 11 is 13.4. The van der Waals surface area contributed by atoms with E-state index < -0.39 is 17.7 Å². The van der Waals surface area contributed by atoms with Crippen LogP contribution in [0.15, 0.2) is 41.3 Å². The van der Waals surface area contributed by atoms with E-state index in [0.717, 1.165) is 17.7 Å². The molecule has 3 heterocycles. The summed E-state index contributed by atoms with van der Waals surface area (Å²) in [6.45, 7) is 0.965. The van der Waals surface area contributed by atoms with Gasteiger partial charge in [0.2, 0.25) is 0 Å². The Balaban J connectivity index is 1.80. The molecule has 2 saturated heterocycles. The molecule has 4 rings (SSSR count). The monoisotopic (exact) mass is 437 g/mol. The smallest absolute Gasteiger partial charge is 0.295 e. The number of amides is 1. The second kappa shape index (κ2) is 7.87. The lowest BCUT2D eigenvalue weighted by atomic mass is 10.00. The highest BCUT2D eigenvalue weighted by molar-refractivity contribution is 7.10.